The third-order valence-electron chi connectivity index (χ3n) is 7.14. The van der Waals surface area contributed by atoms with E-state index in [1.165, 1.54) is 0 Å². The highest BCUT2D eigenvalue weighted by Gasteiger charge is 2.58. The van der Waals surface area contributed by atoms with Crippen molar-refractivity contribution in [2.24, 2.45) is 0 Å². The smallest absolute Gasteiger partial charge is 0.336 e. The Kier molecular flexibility index (Phi) is 5.70. The van der Waals surface area contributed by atoms with Crippen molar-refractivity contribution in [1.82, 2.24) is 4.90 Å². The molecule has 9 heteroatoms. The Hall–Kier alpha value is -2.78. The number of hydrogen-bond acceptors (Lipinski definition) is 9. The van der Waals surface area contributed by atoms with Gasteiger partial charge in [0.05, 0.1) is 31.6 Å². The SMILES string of the molecule is CCOC(=O)C[C@@H](O)C(=O)OC1C(OC)=CC23CCCN2CCc2cc4c(cc2[C@H]13)OCO4. The van der Waals surface area contributed by atoms with Crippen molar-refractivity contribution >= 4 is 11.9 Å². The Morgan fingerprint density at radius 3 is 2.82 bits per heavy atom. The van der Waals surface area contributed by atoms with Crippen LogP contribution in [0.25, 0.3) is 0 Å². The zero-order valence-electron chi connectivity index (χ0n) is 18.9. The minimum absolute atomic E-state index is 0.174. The normalized spacial score (nSPS) is 28.2. The number of methoxy groups -OCH3 is 1. The van der Waals surface area contributed by atoms with Crippen LogP contribution in [0.15, 0.2) is 24.0 Å². The summed E-state index contributed by atoms with van der Waals surface area (Å²) in [5, 5.41) is 10.3. The molecule has 4 aliphatic rings. The maximum Gasteiger partial charge on any atom is 0.336 e. The maximum absolute atomic E-state index is 12.8. The molecule has 3 heterocycles. The second kappa shape index (κ2) is 8.53. The number of ether oxygens (including phenoxy) is 5. The molecule has 3 aliphatic heterocycles. The number of rotatable bonds is 6. The van der Waals surface area contributed by atoms with Crippen molar-refractivity contribution in [1.29, 1.82) is 0 Å². The van der Waals surface area contributed by atoms with Crippen LogP contribution in [-0.2, 0) is 30.2 Å². The average molecular weight is 459 g/mol. The van der Waals surface area contributed by atoms with Crippen LogP contribution in [0.4, 0.5) is 0 Å². The number of aliphatic hydroxyl groups excluding tert-OH is 1. The van der Waals surface area contributed by atoms with Crippen molar-refractivity contribution in [2.45, 2.75) is 56.3 Å². The number of aliphatic hydroxyl groups is 1. The number of nitrogens with zero attached hydrogens (tertiary/aromatic N) is 1. The molecule has 0 amide bonds. The van der Waals surface area contributed by atoms with Crippen LogP contribution in [0.3, 0.4) is 0 Å². The Bertz CT molecular complexity index is 991. The summed E-state index contributed by atoms with van der Waals surface area (Å²) in [6.45, 7) is 3.82. The van der Waals surface area contributed by atoms with Crippen molar-refractivity contribution in [3.8, 4) is 11.5 Å². The molecule has 5 rings (SSSR count). The summed E-state index contributed by atoms with van der Waals surface area (Å²) in [7, 11) is 1.56. The summed E-state index contributed by atoms with van der Waals surface area (Å²) in [4.78, 5) is 27.0. The quantitative estimate of drug-likeness (QED) is 0.636. The lowest BCUT2D eigenvalue weighted by Crippen LogP contribution is -2.47. The van der Waals surface area contributed by atoms with E-state index in [0.717, 1.165) is 49.2 Å². The van der Waals surface area contributed by atoms with E-state index in [2.05, 4.69) is 11.0 Å². The molecule has 1 aromatic rings. The first-order chi connectivity index (χ1) is 16.0. The Labute approximate surface area is 192 Å². The van der Waals surface area contributed by atoms with Crippen LogP contribution >= 0.6 is 0 Å². The van der Waals surface area contributed by atoms with Gasteiger partial charge in [-0.05, 0) is 62.1 Å². The third-order valence-corrected chi connectivity index (χ3v) is 7.14. The molecule has 0 saturated carbocycles. The Morgan fingerprint density at radius 2 is 2.06 bits per heavy atom. The van der Waals surface area contributed by atoms with Gasteiger partial charge in [0.1, 0.15) is 5.76 Å². The van der Waals surface area contributed by atoms with Crippen molar-refractivity contribution in [3.63, 3.8) is 0 Å². The number of carbonyl (C=O) groups is 2. The zero-order valence-corrected chi connectivity index (χ0v) is 18.9. The highest BCUT2D eigenvalue weighted by atomic mass is 16.7. The molecule has 0 radical (unpaired) electrons. The molecule has 1 fully saturated rings. The molecule has 0 bridgehead atoms. The number of hydrogen-bond donors (Lipinski definition) is 1. The molecular weight excluding hydrogens is 430 g/mol. The van der Waals surface area contributed by atoms with Gasteiger partial charge in [-0.1, -0.05) is 0 Å². The van der Waals surface area contributed by atoms with Crippen molar-refractivity contribution in [3.05, 3.63) is 35.1 Å². The molecule has 1 N–H and O–H groups in total. The molecule has 1 saturated heterocycles. The highest BCUT2D eigenvalue weighted by Crippen LogP contribution is 2.55. The first-order valence-electron chi connectivity index (χ1n) is 11.4. The summed E-state index contributed by atoms with van der Waals surface area (Å²) in [6.07, 6.45) is 2.04. The van der Waals surface area contributed by atoms with E-state index < -0.39 is 30.6 Å². The summed E-state index contributed by atoms with van der Waals surface area (Å²) in [6, 6.07) is 4.01. The lowest BCUT2D eigenvalue weighted by atomic mass is 9.77. The summed E-state index contributed by atoms with van der Waals surface area (Å²) < 4.78 is 27.7. The molecular formula is C24H29NO8. The van der Waals surface area contributed by atoms with E-state index in [1.807, 2.05) is 12.1 Å². The van der Waals surface area contributed by atoms with Crippen molar-refractivity contribution in [2.75, 3.05) is 33.6 Å². The molecule has 1 spiro atoms. The molecule has 1 aromatic carbocycles. The summed E-state index contributed by atoms with van der Waals surface area (Å²) in [5.41, 5.74) is 1.79. The second-order valence-corrected chi connectivity index (χ2v) is 8.85. The largest absolute Gasteiger partial charge is 0.497 e. The summed E-state index contributed by atoms with van der Waals surface area (Å²) in [5.74, 6) is 0.190. The Morgan fingerprint density at radius 1 is 1.27 bits per heavy atom. The molecule has 33 heavy (non-hydrogen) atoms. The van der Waals surface area contributed by atoms with Gasteiger partial charge < -0.3 is 28.8 Å². The Balaban J connectivity index is 1.50. The van der Waals surface area contributed by atoms with E-state index in [-0.39, 0.29) is 24.9 Å². The van der Waals surface area contributed by atoms with Gasteiger partial charge in [-0.2, -0.15) is 0 Å². The fraction of sp³-hybridized carbons (Fsp3) is 0.583. The van der Waals surface area contributed by atoms with Crippen LogP contribution in [0.2, 0.25) is 0 Å². The van der Waals surface area contributed by atoms with E-state index in [1.54, 1.807) is 14.0 Å². The molecule has 9 nitrogen and oxygen atoms in total. The maximum atomic E-state index is 12.8. The number of esters is 2. The number of fused-ring (bicyclic) bond motifs is 3. The number of benzene rings is 1. The molecule has 178 valence electrons. The molecule has 2 unspecified atom stereocenters. The second-order valence-electron chi connectivity index (χ2n) is 8.85. The first-order valence-corrected chi connectivity index (χ1v) is 11.4. The van der Waals surface area contributed by atoms with Gasteiger partial charge in [0.15, 0.2) is 23.7 Å². The van der Waals surface area contributed by atoms with E-state index in [9.17, 15) is 14.7 Å². The summed E-state index contributed by atoms with van der Waals surface area (Å²) >= 11 is 0. The van der Waals surface area contributed by atoms with Crippen LogP contribution in [0, 0.1) is 0 Å². The fourth-order valence-corrected chi connectivity index (χ4v) is 5.76. The lowest BCUT2D eigenvalue weighted by molar-refractivity contribution is -0.165. The highest BCUT2D eigenvalue weighted by molar-refractivity contribution is 5.82. The lowest BCUT2D eigenvalue weighted by Gasteiger charge is -2.39. The van der Waals surface area contributed by atoms with Gasteiger partial charge in [0.25, 0.3) is 0 Å². The minimum atomic E-state index is -1.61. The van der Waals surface area contributed by atoms with E-state index in [4.69, 9.17) is 23.7 Å². The monoisotopic (exact) mass is 459 g/mol. The molecule has 4 atom stereocenters. The van der Waals surface area contributed by atoms with Gasteiger partial charge in [-0.15, -0.1) is 0 Å². The minimum Gasteiger partial charge on any atom is -0.497 e. The van der Waals surface area contributed by atoms with Gasteiger partial charge >= 0.3 is 11.9 Å². The standard InChI is InChI=1S/C24H29NO8/c1-3-30-20(27)11-16(26)23(28)33-22-19(29-2)12-24-6-4-7-25(24)8-5-14-9-17-18(32-13-31-17)10-15(14)21(22)24/h9-10,12,16,21-22,26H,3-8,11,13H2,1-2H3/t16-,21-,22?,24?/m1/s1. The van der Waals surface area contributed by atoms with Crippen LogP contribution in [-0.4, -0.2) is 73.3 Å². The van der Waals surface area contributed by atoms with Crippen LogP contribution < -0.4 is 9.47 Å². The van der Waals surface area contributed by atoms with Gasteiger partial charge in [-0.3, -0.25) is 9.69 Å². The van der Waals surface area contributed by atoms with Gasteiger partial charge in [0.2, 0.25) is 6.79 Å². The predicted octanol–water partition coefficient (Wildman–Crippen LogP) is 1.66. The first kappa shape index (κ1) is 22.0. The predicted molar refractivity (Wildman–Crippen MR) is 115 cm³/mol. The van der Waals surface area contributed by atoms with Crippen molar-refractivity contribution < 1.29 is 38.4 Å². The van der Waals surface area contributed by atoms with E-state index >= 15 is 0 Å². The topological polar surface area (TPSA) is 104 Å². The average Bonchev–Trinajstić information content (AvgIpc) is 3.47. The fourth-order valence-electron chi connectivity index (χ4n) is 5.76. The third kappa shape index (κ3) is 3.63. The van der Waals surface area contributed by atoms with E-state index in [0.29, 0.717) is 11.5 Å². The van der Waals surface area contributed by atoms with Gasteiger partial charge in [0, 0.05) is 6.54 Å². The molecule has 1 aliphatic carbocycles. The zero-order chi connectivity index (χ0) is 23.2. The van der Waals surface area contributed by atoms with Crippen LogP contribution in [0.5, 0.6) is 11.5 Å². The number of carbonyl (C=O) groups excluding carboxylic acids is 2. The van der Waals surface area contributed by atoms with Crippen LogP contribution in [0.1, 0.15) is 43.2 Å². The van der Waals surface area contributed by atoms with Gasteiger partial charge in [-0.25, -0.2) is 4.79 Å². The molecule has 0 aromatic heterocycles.